The van der Waals surface area contributed by atoms with Gasteiger partial charge in [0.1, 0.15) is 10.8 Å². The van der Waals surface area contributed by atoms with E-state index in [1.807, 2.05) is 25.1 Å². The number of hydrogen-bond donors (Lipinski definition) is 1. The smallest absolute Gasteiger partial charge is 0.227 e. The normalized spacial score (nSPS) is 10.8. The molecule has 0 unspecified atom stereocenters. The zero-order valence-corrected chi connectivity index (χ0v) is 15.6. The maximum Gasteiger partial charge on any atom is 0.227 e. The summed E-state index contributed by atoms with van der Waals surface area (Å²) < 4.78 is 5.40. The van der Waals surface area contributed by atoms with Crippen molar-refractivity contribution in [3.8, 4) is 11.3 Å². The molecule has 5 nitrogen and oxygen atoms in total. The molecule has 0 saturated carbocycles. The minimum absolute atomic E-state index is 0.563. The molecule has 2 aromatic heterocycles. The minimum Gasteiger partial charge on any atom is -0.360 e. The molecule has 0 spiro atoms. The van der Waals surface area contributed by atoms with E-state index in [0.717, 1.165) is 46.3 Å². The van der Waals surface area contributed by atoms with E-state index in [2.05, 4.69) is 46.4 Å². The van der Waals surface area contributed by atoms with Crippen LogP contribution in [-0.2, 0) is 0 Å². The molecule has 0 aliphatic rings. The van der Waals surface area contributed by atoms with Crippen LogP contribution in [-0.4, -0.2) is 20.9 Å². The second-order valence-electron chi connectivity index (χ2n) is 5.88. The fourth-order valence-electron chi connectivity index (χ4n) is 2.46. The highest BCUT2D eigenvalue weighted by Gasteiger charge is 2.17. The van der Waals surface area contributed by atoms with Crippen molar-refractivity contribution in [2.75, 3.05) is 11.1 Å². The number of anilines is 2. The molecule has 2 heterocycles. The summed E-state index contributed by atoms with van der Waals surface area (Å²) in [5, 5.41) is 8.35. The molecule has 0 saturated heterocycles. The Kier molecular flexibility index (Phi) is 5.71. The zero-order valence-electron chi connectivity index (χ0n) is 14.7. The largest absolute Gasteiger partial charge is 0.360 e. The predicted octanol–water partition coefficient (Wildman–Crippen LogP) is 5.38. The number of aromatic nitrogens is 3. The fraction of sp³-hybridized carbons (Fsp3) is 0.316. The number of aryl methyl sites for hydroxylation is 2. The Morgan fingerprint density at radius 3 is 2.88 bits per heavy atom. The molecule has 3 rings (SSSR count). The van der Waals surface area contributed by atoms with E-state index in [1.165, 1.54) is 5.56 Å². The van der Waals surface area contributed by atoms with Crippen LogP contribution in [0, 0.1) is 13.8 Å². The van der Waals surface area contributed by atoms with Crippen LogP contribution in [0.25, 0.3) is 11.3 Å². The summed E-state index contributed by atoms with van der Waals surface area (Å²) in [6.07, 6.45) is 4.07. The van der Waals surface area contributed by atoms with Gasteiger partial charge in [0.2, 0.25) is 5.95 Å². The summed E-state index contributed by atoms with van der Waals surface area (Å²) in [5.74, 6) is 2.36. The maximum atomic E-state index is 5.40. The Morgan fingerprint density at radius 2 is 2.08 bits per heavy atom. The van der Waals surface area contributed by atoms with Gasteiger partial charge in [-0.2, -0.15) is 0 Å². The number of benzene rings is 1. The van der Waals surface area contributed by atoms with Crippen LogP contribution < -0.4 is 5.32 Å². The quantitative estimate of drug-likeness (QED) is 0.454. The van der Waals surface area contributed by atoms with Gasteiger partial charge < -0.3 is 9.84 Å². The Labute approximate surface area is 152 Å². The lowest BCUT2D eigenvalue weighted by Crippen LogP contribution is -1.98. The number of hydrogen-bond acceptors (Lipinski definition) is 6. The van der Waals surface area contributed by atoms with E-state index < -0.39 is 0 Å². The van der Waals surface area contributed by atoms with Gasteiger partial charge in [-0.15, -0.1) is 11.8 Å². The van der Waals surface area contributed by atoms with Gasteiger partial charge in [0, 0.05) is 11.9 Å². The van der Waals surface area contributed by atoms with Crippen LogP contribution in [0.3, 0.4) is 0 Å². The molecule has 1 N–H and O–H groups in total. The lowest BCUT2D eigenvalue weighted by atomic mass is 10.2. The van der Waals surface area contributed by atoms with Crippen LogP contribution in [0.15, 0.2) is 46.1 Å². The van der Waals surface area contributed by atoms with Gasteiger partial charge in [-0.3, -0.25) is 0 Å². The van der Waals surface area contributed by atoms with Crippen molar-refractivity contribution in [3.05, 3.63) is 47.9 Å². The molecule has 0 atom stereocenters. The third kappa shape index (κ3) is 4.39. The second-order valence-corrected chi connectivity index (χ2v) is 6.96. The summed E-state index contributed by atoms with van der Waals surface area (Å²) >= 11 is 1.71. The van der Waals surface area contributed by atoms with Crippen molar-refractivity contribution in [3.63, 3.8) is 0 Å². The number of nitrogens with zero attached hydrogens (tertiary/aromatic N) is 3. The van der Waals surface area contributed by atoms with Crippen molar-refractivity contribution in [2.45, 2.75) is 38.6 Å². The first-order chi connectivity index (χ1) is 12.2. The highest BCUT2D eigenvalue weighted by molar-refractivity contribution is 7.99. The molecule has 25 heavy (non-hydrogen) atoms. The molecule has 130 valence electrons. The van der Waals surface area contributed by atoms with E-state index in [0.29, 0.717) is 5.95 Å². The first-order valence-corrected chi connectivity index (χ1v) is 9.42. The summed E-state index contributed by atoms with van der Waals surface area (Å²) in [4.78, 5) is 8.98. The topological polar surface area (TPSA) is 63.8 Å². The van der Waals surface area contributed by atoms with E-state index in [-0.39, 0.29) is 0 Å². The molecular weight excluding hydrogens is 332 g/mol. The standard InChI is InChI=1S/C19H22N4OS/c1-4-5-11-25-18-17(14(3)24-23-18)16-9-10-20-19(22-16)21-15-8-6-7-13(2)12-15/h6-10,12H,4-5,11H2,1-3H3,(H,20,21,22). The highest BCUT2D eigenvalue weighted by Crippen LogP contribution is 2.33. The average Bonchev–Trinajstić information content (AvgIpc) is 2.96. The van der Waals surface area contributed by atoms with Gasteiger partial charge in [-0.1, -0.05) is 30.6 Å². The molecule has 0 aliphatic carbocycles. The monoisotopic (exact) mass is 354 g/mol. The first-order valence-electron chi connectivity index (χ1n) is 8.43. The lowest BCUT2D eigenvalue weighted by molar-refractivity contribution is 0.384. The summed E-state index contributed by atoms with van der Waals surface area (Å²) in [5.41, 5.74) is 3.93. The average molecular weight is 354 g/mol. The van der Waals surface area contributed by atoms with Crippen LogP contribution in [0.2, 0.25) is 0 Å². The number of rotatable bonds is 7. The number of nitrogens with one attached hydrogen (secondary N) is 1. The van der Waals surface area contributed by atoms with Crippen molar-refractivity contribution in [1.82, 2.24) is 15.1 Å². The molecule has 0 fully saturated rings. The van der Waals surface area contributed by atoms with Crippen molar-refractivity contribution < 1.29 is 4.52 Å². The van der Waals surface area contributed by atoms with Crippen molar-refractivity contribution in [2.24, 2.45) is 0 Å². The zero-order chi connectivity index (χ0) is 17.6. The van der Waals surface area contributed by atoms with Gasteiger partial charge in [0.05, 0.1) is 11.3 Å². The molecule has 0 aliphatic heterocycles. The fourth-order valence-corrected chi connectivity index (χ4v) is 3.57. The first kappa shape index (κ1) is 17.5. The Hall–Kier alpha value is -2.34. The van der Waals surface area contributed by atoms with Gasteiger partial charge >= 0.3 is 0 Å². The number of thioether (sulfide) groups is 1. The third-order valence-corrected chi connectivity index (χ3v) is 4.80. The summed E-state index contributed by atoms with van der Waals surface area (Å²) in [6.45, 7) is 6.16. The lowest BCUT2D eigenvalue weighted by Gasteiger charge is -2.07. The Balaban J connectivity index is 1.85. The summed E-state index contributed by atoms with van der Waals surface area (Å²) in [7, 11) is 0. The van der Waals surface area contributed by atoms with E-state index in [9.17, 15) is 0 Å². The molecule has 3 aromatic rings. The minimum atomic E-state index is 0.563. The van der Waals surface area contributed by atoms with Gasteiger partial charge in [0.15, 0.2) is 0 Å². The molecule has 0 amide bonds. The van der Waals surface area contributed by atoms with E-state index in [4.69, 9.17) is 4.52 Å². The Morgan fingerprint density at radius 1 is 1.20 bits per heavy atom. The van der Waals surface area contributed by atoms with Gasteiger partial charge in [-0.05, 0) is 49.8 Å². The maximum absolute atomic E-state index is 5.40. The number of unbranched alkanes of at least 4 members (excludes halogenated alkanes) is 1. The van der Waals surface area contributed by atoms with Gasteiger partial charge in [-0.25, -0.2) is 9.97 Å². The molecule has 0 radical (unpaired) electrons. The van der Waals surface area contributed by atoms with Crippen molar-refractivity contribution >= 4 is 23.4 Å². The summed E-state index contributed by atoms with van der Waals surface area (Å²) in [6, 6.07) is 10.0. The Bertz CT molecular complexity index is 847. The third-order valence-electron chi connectivity index (χ3n) is 3.75. The van der Waals surface area contributed by atoms with Gasteiger partial charge in [0.25, 0.3) is 0 Å². The predicted molar refractivity (Wildman–Crippen MR) is 102 cm³/mol. The van der Waals surface area contributed by atoms with Crippen molar-refractivity contribution in [1.29, 1.82) is 0 Å². The van der Waals surface area contributed by atoms with E-state index >= 15 is 0 Å². The second kappa shape index (κ2) is 8.16. The van der Waals surface area contributed by atoms with E-state index in [1.54, 1.807) is 18.0 Å². The van der Waals surface area contributed by atoms with Crippen LogP contribution in [0.4, 0.5) is 11.6 Å². The molecule has 0 bridgehead atoms. The van der Waals surface area contributed by atoms with Crippen LogP contribution in [0.1, 0.15) is 31.1 Å². The molecule has 1 aromatic carbocycles. The van der Waals surface area contributed by atoms with Crippen LogP contribution >= 0.6 is 11.8 Å². The molecule has 6 heteroatoms. The highest BCUT2D eigenvalue weighted by atomic mass is 32.2. The van der Waals surface area contributed by atoms with Crippen LogP contribution in [0.5, 0.6) is 0 Å². The molecular formula is C19H22N4OS. The SMILES string of the molecule is CCCCSc1noc(C)c1-c1ccnc(Nc2cccc(C)c2)n1.